The average Bonchev–Trinajstić information content (AvgIpc) is 4.11. The molecule has 0 spiro atoms. The predicted molar refractivity (Wildman–Crippen MR) is 272 cm³/mol. The molecule has 0 aliphatic carbocycles. The van der Waals surface area contributed by atoms with Crippen LogP contribution < -0.4 is 4.74 Å². The molecule has 0 saturated heterocycles. The number of benzene rings is 9. The highest BCUT2D eigenvalue weighted by Crippen LogP contribution is 2.45. The zero-order valence-electron chi connectivity index (χ0n) is 34.9. The molecule has 0 radical (unpaired) electrons. The Hall–Kier alpha value is -8.45. The third-order valence-electron chi connectivity index (χ3n) is 13.1. The normalized spacial score (nSPS) is 12.0. The molecule has 5 heterocycles. The minimum absolute atomic E-state index is 0.810. The zero-order chi connectivity index (χ0) is 42.6. The molecule has 5 aromatic heterocycles. The lowest BCUT2D eigenvalue weighted by molar-refractivity contribution is 0.495. The van der Waals surface area contributed by atoms with Gasteiger partial charge in [0.1, 0.15) is 11.5 Å². The molecule has 9 aromatic carbocycles. The van der Waals surface area contributed by atoms with Crippen LogP contribution in [0.1, 0.15) is 0 Å². The van der Waals surface area contributed by atoms with Gasteiger partial charge in [0.2, 0.25) is 0 Å². The highest BCUT2D eigenvalue weighted by molar-refractivity contribution is 7.25. The molecule has 14 rings (SSSR count). The molecule has 0 bridgehead atoms. The number of nitrogens with zero attached hydrogens (tertiary/aromatic N) is 4. The molecular weight excluding hydrogens is 813 g/mol. The maximum atomic E-state index is 7.22. The first kappa shape index (κ1) is 36.1. The van der Waals surface area contributed by atoms with E-state index in [0.717, 1.165) is 88.9 Å². The lowest BCUT2D eigenvalue weighted by atomic mass is 10.1. The summed E-state index contributed by atoms with van der Waals surface area (Å²) in [5.41, 5.74) is 13.2. The third kappa shape index (κ3) is 5.41. The quantitative estimate of drug-likeness (QED) is 0.167. The first-order valence-corrected chi connectivity index (χ1v) is 22.8. The van der Waals surface area contributed by atoms with E-state index in [1.165, 1.54) is 36.6 Å². The van der Waals surface area contributed by atoms with Gasteiger partial charge in [-0.05, 0) is 103 Å². The fourth-order valence-corrected chi connectivity index (χ4v) is 11.4. The van der Waals surface area contributed by atoms with Crippen molar-refractivity contribution < 1.29 is 4.74 Å². The van der Waals surface area contributed by atoms with Crippen molar-refractivity contribution in [2.75, 3.05) is 0 Å². The summed E-state index contributed by atoms with van der Waals surface area (Å²) in [5, 5.41) is 8.05. The largest absolute Gasteiger partial charge is 0.456 e. The maximum absolute atomic E-state index is 7.22. The van der Waals surface area contributed by atoms with Crippen molar-refractivity contribution in [2.24, 2.45) is 0 Å². The van der Waals surface area contributed by atoms with Crippen molar-refractivity contribution in [3.63, 3.8) is 0 Å². The van der Waals surface area contributed by atoms with Crippen LogP contribution in [0.3, 0.4) is 0 Å². The highest BCUT2D eigenvalue weighted by Gasteiger charge is 2.21. The van der Waals surface area contributed by atoms with Gasteiger partial charge in [0.05, 0.1) is 59.8 Å². The SMILES string of the molecule is c1ccc(-n2c3ccccc3c3cc(-n4c5ccccc5c5c(Oc6cccc7c6c6ccccc6n7-c6cccc(-c7ccc8sc9ccccc9c8n7)c6)cccc54)ccc32)cc1. The number of hydrogen-bond acceptors (Lipinski definition) is 3. The first-order valence-electron chi connectivity index (χ1n) is 22.0. The van der Waals surface area contributed by atoms with Crippen molar-refractivity contribution in [3.05, 3.63) is 218 Å². The topological polar surface area (TPSA) is 36.9 Å². The van der Waals surface area contributed by atoms with Gasteiger partial charge in [-0.3, -0.25) is 0 Å². The minimum atomic E-state index is 0.810. The third-order valence-corrected chi connectivity index (χ3v) is 14.2. The van der Waals surface area contributed by atoms with E-state index < -0.39 is 0 Å². The van der Waals surface area contributed by atoms with Crippen LogP contribution in [0.4, 0.5) is 0 Å². The molecule has 5 nitrogen and oxygen atoms in total. The molecule has 6 heteroatoms. The Labute approximate surface area is 376 Å². The molecule has 0 saturated carbocycles. The minimum Gasteiger partial charge on any atom is -0.456 e. The molecule has 14 aromatic rings. The van der Waals surface area contributed by atoms with Crippen molar-refractivity contribution >= 4 is 97.1 Å². The summed E-state index contributed by atoms with van der Waals surface area (Å²) >= 11 is 1.79. The fraction of sp³-hybridized carbons (Fsp3) is 0. The van der Waals surface area contributed by atoms with E-state index >= 15 is 0 Å². The Morgan fingerprint density at radius 1 is 0.338 bits per heavy atom. The van der Waals surface area contributed by atoms with E-state index in [2.05, 4.69) is 232 Å². The van der Waals surface area contributed by atoms with Crippen molar-refractivity contribution in [3.8, 4) is 39.8 Å². The van der Waals surface area contributed by atoms with Crippen LogP contribution >= 0.6 is 11.3 Å². The molecule has 65 heavy (non-hydrogen) atoms. The highest BCUT2D eigenvalue weighted by atomic mass is 32.1. The summed E-state index contributed by atoms with van der Waals surface area (Å²) in [5.74, 6) is 1.62. The number of para-hydroxylation sites is 4. The second-order valence-corrected chi connectivity index (χ2v) is 17.8. The van der Waals surface area contributed by atoms with Gasteiger partial charge >= 0.3 is 0 Å². The van der Waals surface area contributed by atoms with Gasteiger partial charge in [-0.25, -0.2) is 4.98 Å². The summed E-state index contributed by atoms with van der Waals surface area (Å²) in [6, 6.07) is 78.0. The standard InChI is InChI=1S/C59H36N4OS/c1-2-16-38(17-3-1)61-47-23-8-4-19-41(47)45-36-40(31-33-50(45)61)63-49-25-10-6-21-43(49)58-52(63)27-14-29-54(58)64-53-28-13-26-51-57(53)42-20-5-9-24-48(42)62(51)39-18-12-15-37(35-39)46-32-34-56-59(60-46)44-22-7-11-30-55(44)65-56/h1-36H. The number of rotatable bonds is 6. The van der Waals surface area contributed by atoms with Crippen molar-refractivity contribution in [1.29, 1.82) is 0 Å². The average molecular weight is 849 g/mol. The van der Waals surface area contributed by atoms with Crippen molar-refractivity contribution in [2.45, 2.75) is 0 Å². The fourth-order valence-electron chi connectivity index (χ4n) is 10.3. The van der Waals surface area contributed by atoms with Crippen LogP contribution in [0.2, 0.25) is 0 Å². The summed E-state index contributed by atoms with van der Waals surface area (Å²) in [6.07, 6.45) is 0. The monoisotopic (exact) mass is 848 g/mol. The van der Waals surface area contributed by atoms with Gasteiger partial charge in [0.25, 0.3) is 0 Å². The number of fused-ring (bicyclic) bond motifs is 12. The maximum Gasteiger partial charge on any atom is 0.137 e. The van der Waals surface area contributed by atoms with E-state index in [1.807, 2.05) is 0 Å². The molecule has 0 aliphatic rings. The summed E-state index contributed by atoms with van der Waals surface area (Å²) < 4.78 is 16.8. The van der Waals surface area contributed by atoms with Crippen molar-refractivity contribution in [1.82, 2.24) is 18.7 Å². The summed E-state index contributed by atoms with van der Waals surface area (Å²) in [4.78, 5) is 5.23. The Balaban J connectivity index is 0.913. The van der Waals surface area contributed by atoms with Gasteiger partial charge in [-0.15, -0.1) is 11.3 Å². The molecular formula is C59H36N4OS. The van der Waals surface area contributed by atoms with E-state index in [9.17, 15) is 0 Å². The van der Waals surface area contributed by atoms with Crippen LogP contribution in [-0.2, 0) is 0 Å². The van der Waals surface area contributed by atoms with Gasteiger partial charge in [-0.1, -0.05) is 115 Å². The second-order valence-electron chi connectivity index (χ2n) is 16.7. The molecule has 0 unspecified atom stereocenters. The molecule has 0 atom stereocenters. The Kier molecular flexibility index (Phi) is 7.79. The molecule has 0 aliphatic heterocycles. The van der Waals surface area contributed by atoms with Gasteiger partial charge in [-0.2, -0.15) is 0 Å². The predicted octanol–water partition coefficient (Wildman–Crippen LogP) is 16.2. The van der Waals surface area contributed by atoms with E-state index in [0.29, 0.717) is 0 Å². The van der Waals surface area contributed by atoms with Gasteiger partial charge in [0, 0.05) is 54.3 Å². The number of ether oxygens (including phenoxy) is 1. The number of hydrogen-bond donors (Lipinski definition) is 0. The lowest BCUT2D eigenvalue weighted by Crippen LogP contribution is -1.96. The zero-order valence-corrected chi connectivity index (χ0v) is 35.7. The number of pyridine rings is 1. The van der Waals surface area contributed by atoms with Crippen LogP contribution in [0.15, 0.2) is 218 Å². The molecule has 304 valence electrons. The van der Waals surface area contributed by atoms with Crippen LogP contribution in [-0.4, -0.2) is 18.7 Å². The Bertz CT molecular complexity index is 4230. The number of thiophene rings is 1. The Morgan fingerprint density at radius 2 is 0.862 bits per heavy atom. The van der Waals surface area contributed by atoms with Gasteiger partial charge in [0.15, 0.2) is 0 Å². The van der Waals surface area contributed by atoms with Crippen LogP contribution in [0.5, 0.6) is 11.5 Å². The first-order chi connectivity index (χ1) is 32.2. The van der Waals surface area contributed by atoms with E-state index in [1.54, 1.807) is 11.3 Å². The lowest BCUT2D eigenvalue weighted by Gasteiger charge is -2.12. The smallest absolute Gasteiger partial charge is 0.137 e. The van der Waals surface area contributed by atoms with Crippen LogP contribution in [0, 0.1) is 0 Å². The second kappa shape index (κ2) is 14.0. The number of aromatic nitrogens is 4. The van der Waals surface area contributed by atoms with E-state index in [4.69, 9.17) is 9.72 Å². The molecule has 0 N–H and O–H groups in total. The summed E-state index contributed by atoms with van der Waals surface area (Å²) in [6.45, 7) is 0. The molecule has 0 amide bonds. The Morgan fingerprint density at radius 3 is 1.57 bits per heavy atom. The van der Waals surface area contributed by atoms with Gasteiger partial charge < -0.3 is 18.4 Å². The summed E-state index contributed by atoms with van der Waals surface area (Å²) in [7, 11) is 0. The molecule has 0 fully saturated rings. The van der Waals surface area contributed by atoms with E-state index in [-0.39, 0.29) is 0 Å². The van der Waals surface area contributed by atoms with Crippen LogP contribution in [0.25, 0.3) is 114 Å².